The van der Waals surface area contributed by atoms with Crippen LogP contribution < -0.4 is 15.8 Å². The first-order valence-corrected chi connectivity index (χ1v) is 10.1. The van der Waals surface area contributed by atoms with Gasteiger partial charge in [-0.3, -0.25) is 4.79 Å². The van der Waals surface area contributed by atoms with Crippen LogP contribution in [0.25, 0.3) is 0 Å². The Morgan fingerprint density at radius 1 is 1.43 bits per heavy atom. The topological polar surface area (TPSA) is 112 Å². The number of nitrogens with zero attached hydrogens (tertiary/aromatic N) is 3. The zero-order valence-corrected chi connectivity index (χ0v) is 16.8. The fraction of sp³-hybridized carbons (Fsp3) is 0.368. The Morgan fingerprint density at radius 2 is 2.27 bits per heavy atom. The Labute approximate surface area is 175 Å². The molecule has 0 bridgehead atoms. The predicted octanol–water partition coefficient (Wildman–Crippen LogP) is 2.47. The quantitative estimate of drug-likeness (QED) is 0.742. The summed E-state index contributed by atoms with van der Waals surface area (Å²) in [5.41, 5.74) is 5.69. The maximum atomic E-state index is 14.9. The zero-order valence-electron chi connectivity index (χ0n) is 16.0. The van der Waals surface area contributed by atoms with Crippen molar-refractivity contribution in [2.45, 2.75) is 18.6 Å². The third-order valence-corrected chi connectivity index (χ3v) is 6.13. The van der Waals surface area contributed by atoms with Gasteiger partial charge < -0.3 is 20.5 Å². The molecule has 1 aromatic heterocycles. The fourth-order valence-corrected chi connectivity index (χ4v) is 4.82. The molecule has 8 nitrogen and oxygen atoms in total. The molecule has 0 aliphatic carbocycles. The maximum Gasteiger partial charge on any atom is 0.275 e. The number of benzene rings is 1. The molecular formula is C19H19F2N5O3S. The molecule has 0 radical (unpaired) electrons. The summed E-state index contributed by atoms with van der Waals surface area (Å²) in [6, 6.07) is 4.26. The van der Waals surface area contributed by atoms with E-state index in [4.69, 9.17) is 10.5 Å². The molecule has 1 fully saturated rings. The monoisotopic (exact) mass is 435 g/mol. The lowest BCUT2D eigenvalue weighted by Gasteiger charge is -2.35. The van der Waals surface area contributed by atoms with Crippen molar-refractivity contribution in [1.82, 2.24) is 9.97 Å². The summed E-state index contributed by atoms with van der Waals surface area (Å²) in [5, 5.41) is 3.05. The van der Waals surface area contributed by atoms with Crippen LogP contribution in [-0.4, -0.2) is 46.4 Å². The van der Waals surface area contributed by atoms with E-state index in [9.17, 15) is 13.6 Å². The van der Waals surface area contributed by atoms with Crippen molar-refractivity contribution in [2.24, 2.45) is 16.6 Å². The second kappa shape index (κ2) is 8.15. The van der Waals surface area contributed by atoms with Gasteiger partial charge in [0.25, 0.3) is 5.91 Å². The van der Waals surface area contributed by atoms with Crippen LogP contribution in [0.3, 0.4) is 0 Å². The van der Waals surface area contributed by atoms with E-state index >= 15 is 0 Å². The van der Waals surface area contributed by atoms with Crippen molar-refractivity contribution in [3.05, 3.63) is 47.7 Å². The average molecular weight is 435 g/mol. The molecular weight excluding hydrogens is 416 g/mol. The van der Waals surface area contributed by atoms with Crippen LogP contribution in [-0.2, 0) is 10.3 Å². The molecule has 2 aliphatic rings. The highest BCUT2D eigenvalue weighted by atomic mass is 32.2. The van der Waals surface area contributed by atoms with Crippen LogP contribution in [0.15, 0.2) is 35.6 Å². The number of fused-ring (bicyclic) bond motifs is 1. The molecule has 3 N–H and O–H groups in total. The summed E-state index contributed by atoms with van der Waals surface area (Å²) < 4.78 is 37.4. The summed E-state index contributed by atoms with van der Waals surface area (Å²) in [6.45, 7) is 1.09. The average Bonchev–Trinajstić information content (AvgIpc) is 3.07. The van der Waals surface area contributed by atoms with Crippen LogP contribution in [0.2, 0.25) is 0 Å². The second-order valence-electron chi connectivity index (χ2n) is 6.95. The van der Waals surface area contributed by atoms with Gasteiger partial charge in [-0.05, 0) is 25.1 Å². The number of halogens is 2. The van der Waals surface area contributed by atoms with E-state index in [0.717, 1.165) is 12.4 Å². The minimum atomic E-state index is -1.05. The van der Waals surface area contributed by atoms with Crippen molar-refractivity contribution in [3.8, 4) is 5.88 Å². The van der Waals surface area contributed by atoms with E-state index in [1.54, 1.807) is 6.07 Å². The van der Waals surface area contributed by atoms with Gasteiger partial charge in [-0.1, -0.05) is 11.8 Å². The van der Waals surface area contributed by atoms with Crippen LogP contribution in [0.4, 0.5) is 14.5 Å². The van der Waals surface area contributed by atoms with Gasteiger partial charge in [0.15, 0.2) is 5.17 Å². The standard InChI is InChI=1S/C19H19F2N5O3S/c1-10-13-7-30-18(22)26-19(13,8-28-10)12-4-11(2-3-14(12)21)25-17(27)15-5-24-16(6-23-15)29-9-20/h2-6,10,13H,7-9H2,1H3,(H2,22,26)(H,25,27)/t10-,13-,19-/m1/s1. The normalized spacial score (nSPS) is 25.4. The number of amides is 1. The van der Waals surface area contributed by atoms with E-state index in [1.165, 1.54) is 23.9 Å². The summed E-state index contributed by atoms with van der Waals surface area (Å²) in [4.78, 5) is 24.8. The number of nitrogens with two attached hydrogens (primary N) is 1. The predicted molar refractivity (Wildman–Crippen MR) is 108 cm³/mol. The number of aliphatic imine (C=N–C) groups is 1. The lowest BCUT2D eigenvalue weighted by molar-refractivity contribution is 0.102. The molecule has 1 amide bonds. The van der Waals surface area contributed by atoms with Crippen molar-refractivity contribution in [1.29, 1.82) is 0 Å². The van der Waals surface area contributed by atoms with Crippen molar-refractivity contribution in [3.63, 3.8) is 0 Å². The van der Waals surface area contributed by atoms with E-state index in [2.05, 4.69) is 25.0 Å². The van der Waals surface area contributed by atoms with Crippen molar-refractivity contribution >= 4 is 28.5 Å². The van der Waals surface area contributed by atoms with Gasteiger partial charge in [0.05, 0.1) is 25.1 Å². The highest BCUT2D eigenvalue weighted by Crippen LogP contribution is 2.48. The molecule has 3 heterocycles. The molecule has 2 aromatic rings. The largest absolute Gasteiger partial charge is 0.445 e. The van der Waals surface area contributed by atoms with Crippen LogP contribution in [0.5, 0.6) is 5.88 Å². The van der Waals surface area contributed by atoms with Crippen molar-refractivity contribution in [2.75, 3.05) is 24.5 Å². The number of aromatic nitrogens is 2. The van der Waals surface area contributed by atoms with Gasteiger partial charge in [-0.2, -0.15) is 0 Å². The number of carbonyl (C=O) groups excluding carboxylic acids is 1. The molecule has 3 atom stereocenters. The smallest absolute Gasteiger partial charge is 0.275 e. The molecule has 4 rings (SSSR count). The first-order valence-electron chi connectivity index (χ1n) is 9.15. The van der Waals surface area contributed by atoms with E-state index in [1.807, 2.05) is 6.92 Å². The van der Waals surface area contributed by atoms with E-state index < -0.39 is 24.1 Å². The van der Waals surface area contributed by atoms with Gasteiger partial charge in [-0.25, -0.2) is 23.7 Å². The lowest BCUT2D eigenvalue weighted by Crippen LogP contribution is -2.41. The van der Waals surface area contributed by atoms with Gasteiger partial charge in [0.2, 0.25) is 12.7 Å². The third-order valence-electron chi connectivity index (χ3n) is 5.22. The van der Waals surface area contributed by atoms with Gasteiger partial charge in [-0.15, -0.1) is 0 Å². The molecule has 2 aliphatic heterocycles. The molecule has 30 heavy (non-hydrogen) atoms. The number of amidine groups is 1. The molecule has 1 saturated heterocycles. The van der Waals surface area contributed by atoms with Gasteiger partial charge >= 0.3 is 0 Å². The number of ether oxygens (including phenoxy) is 2. The van der Waals surface area contributed by atoms with Crippen LogP contribution in [0.1, 0.15) is 23.0 Å². The molecule has 11 heteroatoms. The fourth-order valence-electron chi connectivity index (χ4n) is 3.69. The first-order chi connectivity index (χ1) is 14.4. The highest BCUT2D eigenvalue weighted by Gasteiger charge is 2.52. The van der Waals surface area contributed by atoms with E-state index in [0.29, 0.717) is 22.2 Å². The summed E-state index contributed by atoms with van der Waals surface area (Å²) in [5.74, 6) is -0.436. The highest BCUT2D eigenvalue weighted by molar-refractivity contribution is 8.13. The van der Waals surface area contributed by atoms with E-state index in [-0.39, 0.29) is 30.2 Å². The SMILES string of the molecule is C[C@H]1OC[C@]2(c3cc(NC(=O)c4cnc(OCF)cn4)ccc3F)N=C(N)SC[C@H]12. The number of hydrogen-bond acceptors (Lipinski definition) is 8. The Hall–Kier alpha value is -2.79. The Morgan fingerprint density at radius 3 is 3.00 bits per heavy atom. The minimum Gasteiger partial charge on any atom is -0.445 e. The lowest BCUT2D eigenvalue weighted by atomic mass is 9.79. The summed E-state index contributed by atoms with van der Waals surface area (Å²) >= 11 is 1.42. The number of hydrogen-bond donors (Lipinski definition) is 2. The van der Waals surface area contributed by atoms with Gasteiger partial charge in [0, 0.05) is 22.9 Å². The molecule has 0 unspecified atom stereocenters. The van der Waals surface area contributed by atoms with Crippen molar-refractivity contribution < 1.29 is 23.0 Å². The van der Waals surface area contributed by atoms with Crippen LogP contribution in [0, 0.1) is 11.7 Å². The number of alkyl halides is 1. The maximum absolute atomic E-state index is 14.9. The Bertz CT molecular complexity index is 991. The zero-order chi connectivity index (χ0) is 21.3. The number of anilines is 1. The third kappa shape index (κ3) is 3.70. The minimum absolute atomic E-state index is 0.00252. The van der Waals surface area contributed by atoms with Gasteiger partial charge in [0.1, 0.15) is 17.1 Å². The number of carbonyl (C=O) groups is 1. The second-order valence-corrected chi connectivity index (χ2v) is 7.99. The summed E-state index contributed by atoms with van der Waals surface area (Å²) in [7, 11) is 0. The Kier molecular flexibility index (Phi) is 5.56. The number of rotatable bonds is 5. The Balaban J connectivity index is 1.62. The molecule has 0 saturated carbocycles. The van der Waals surface area contributed by atoms with Crippen LogP contribution >= 0.6 is 11.8 Å². The number of nitrogens with one attached hydrogen (secondary N) is 1. The first kappa shape index (κ1) is 20.5. The molecule has 1 aromatic carbocycles. The number of thioether (sulfide) groups is 1. The summed E-state index contributed by atoms with van der Waals surface area (Å²) in [6.07, 6.45) is 2.20. The molecule has 0 spiro atoms. The molecule has 158 valence electrons.